The molecular weight excluding hydrogens is 308 g/mol. The van der Waals surface area contributed by atoms with Crippen LogP contribution in [-0.2, 0) is 9.53 Å². The van der Waals surface area contributed by atoms with Gasteiger partial charge in [0.25, 0.3) is 0 Å². The molecule has 4 unspecified atom stereocenters. The van der Waals surface area contributed by atoms with Crippen LogP contribution in [0.1, 0.15) is 19.3 Å². The van der Waals surface area contributed by atoms with E-state index in [-0.39, 0.29) is 17.9 Å². The van der Waals surface area contributed by atoms with Gasteiger partial charge in [-0.15, -0.1) is 0 Å². The maximum atomic E-state index is 12.7. The number of benzene rings is 1. The summed E-state index contributed by atoms with van der Waals surface area (Å²) in [4.78, 5) is 12.7. The number of carbonyl (C=O) groups excluding carboxylic acids is 1. The largest absolute Gasteiger partial charge is 0.493 e. The summed E-state index contributed by atoms with van der Waals surface area (Å²) in [6.45, 7) is 0.904. The molecule has 0 radical (unpaired) electrons. The van der Waals surface area contributed by atoms with Crippen molar-refractivity contribution in [1.29, 1.82) is 0 Å². The van der Waals surface area contributed by atoms with Gasteiger partial charge in [-0.2, -0.15) is 0 Å². The minimum absolute atomic E-state index is 0.0144. The summed E-state index contributed by atoms with van der Waals surface area (Å²) in [5, 5.41) is 3.00. The van der Waals surface area contributed by atoms with E-state index in [1.165, 1.54) is 0 Å². The molecule has 2 saturated carbocycles. The SMILES string of the molecule is COCCOc1cc(NC(=O)C2C3CCC(C3)C2N)ccc1OC. The fourth-order valence-corrected chi connectivity index (χ4v) is 4.05. The molecule has 2 fully saturated rings. The summed E-state index contributed by atoms with van der Waals surface area (Å²) >= 11 is 0. The van der Waals surface area contributed by atoms with E-state index in [1.54, 1.807) is 26.4 Å². The molecule has 6 heteroatoms. The molecule has 0 aromatic heterocycles. The Balaban J connectivity index is 1.68. The lowest BCUT2D eigenvalue weighted by Gasteiger charge is -2.27. The van der Waals surface area contributed by atoms with Gasteiger partial charge in [0.1, 0.15) is 6.61 Å². The van der Waals surface area contributed by atoms with E-state index in [9.17, 15) is 4.79 Å². The van der Waals surface area contributed by atoms with Gasteiger partial charge in [0, 0.05) is 24.9 Å². The lowest BCUT2D eigenvalue weighted by atomic mass is 9.84. The maximum absolute atomic E-state index is 12.7. The second kappa shape index (κ2) is 7.40. The van der Waals surface area contributed by atoms with E-state index in [1.807, 2.05) is 6.07 Å². The second-order valence-corrected chi connectivity index (χ2v) is 6.63. The van der Waals surface area contributed by atoms with Crippen LogP contribution in [0.5, 0.6) is 11.5 Å². The molecule has 0 aliphatic heterocycles. The molecule has 0 heterocycles. The predicted molar refractivity (Wildman–Crippen MR) is 91.3 cm³/mol. The number of carbonyl (C=O) groups is 1. The van der Waals surface area contributed by atoms with Crippen molar-refractivity contribution in [2.75, 3.05) is 32.8 Å². The molecule has 6 nitrogen and oxygen atoms in total. The first-order valence-corrected chi connectivity index (χ1v) is 8.50. The Labute approximate surface area is 142 Å². The smallest absolute Gasteiger partial charge is 0.229 e. The highest BCUT2D eigenvalue weighted by molar-refractivity contribution is 5.94. The summed E-state index contributed by atoms with van der Waals surface area (Å²) in [6, 6.07) is 5.38. The first-order chi connectivity index (χ1) is 11.6. The Kier molecular flexibility index (Phi) is 5.26. The summed E-state index contributed by atoms with van der Waals surface area (Å²) in [6.07, 6.45) is 3.37. The van der Waals surface area contributed by atoms with Crippen LogP contribution in [0.15, 0.2) is 18.2 Å². The molecule has 2 aliphatic carbocycles. The summed E-state index contributed by atoms with van der Waals surface area (Å²) in [7, 11) is 3.21. The Hall–Kier alpha value is -1.79. The molecule has 1 amide bonds. The number of nitrogens with two attached hydrogens (primary N) is 1. The van der Waals surface area contributed by atoms with E-state index in [0.717, 1.165) is 19.3 Å². The van der Waals surface area contributed by atoms with Gasteiger partial charge in [0.2, 0.25) is 5.91 Å². The van der Waals surface area contributed by atoms with Gasteiger partial charge in [0.05, 0.1) is 19.6 Å². The van der Waals surface area contributed by atoms with Crippen LogP contribution in [0.3, 0.4) is 0 Å². The zero-order chi connectivity index (χ0) is 17.1. The molecule has 2 bridgehead atoms. The van der Waals surface area contributed by atoms with Gasteiger partial charge >= 0.3 is 0 Å². The van der Waals surface area contributed by atoms with Crippen molar-refractivity contribution in [3.05, 3.63) is 18.2 Å². The van der Waals surface area contributed by atoms with Gasteiger partial charge in [-0.1, -0.05) is 0 Å². The average Bonchev–Trinajstić information content (AvgIpc) is 3.16. The zero-order valence-electron chi connectivity index (χ0n) is 14.3. The summed E-state index contributed by atoms with van der Waals surface area (Å²) in [5.74, 6) is 2.09. The topological polar surface area (TPSA) is 82.8 Å². The van der Waals surface area contributed by atoms with Gasteiger partial charge in [-0.05, 0) is 43.2 Å². The number of anilines is 1. The van der Waals surface area contributed by atoms with Gasteiger partial charge < -0.3 is 25.3 Å². The molecule has 1 aromatic carbocycles. The molecule has 0 spiro atoms. The van der Waals surface area contributed by atoms with E-state index < -0.39 is 0 Å². The monoisotopic (exact) mass is 334 g/mol. The number of hydrogen-bond acceptors (Lipinski definition) is 5. The van der Waals surface area contributed by atoms with Crippen molar-refractivity contribution >= 4 is 11.6 Å². The standard InChI is InChI=1S/C18H26N2O4/c1-22-7-8-24-15-10-13(5-6-14(15)23-2)20-18(21)16-11-3-4-12(9-11)17(16)19/h5-6,10-12,16-17H,3-4,7-9,19H2,1-2H3,(H,20,21). The Morgan fingerprint density at radius 3 is 2.67 bits per heavy atom. The minimum atomic E-state index is -0.0799. The van der Waals surface area contributed by atoms with Crippen molar-refractivity contribution in [2.24, 2.45) is 23.5 Å². The number of hydrogen-bond donors (Lipinski definition) is 2. The molecule has 3 rings (SSSR count). The van der Waals surface area contributed by atoms with Crippen LogP contribution in [0, 0.1) is 17.8 Å². The fraction of sp³-hybridized carbons (Fsp3) is 0.611. The normalized spacial score (nSPS) is 28.0. The lowest BCUT2D eigenvalue weighted by Crippen LogP contribution is -2.42. The van der Waals surface area contributed by atoms with Gasteiger partial charge in [-0.3, -0.25) is 4.79 Å². The molecule has 3 N–H and O–H groups in total. The Bertz CT molecular complexity index is 590. The third kappa shape index (κ3) is 3.35. The summed E-state index contributed by atoms with van der Waals surface area (Å²) in [5.41, 5.74) is 6.95. The molecular formula is C18H26N2O4. The molecule has 132 valence electrons. The molecule has 1 aromatic rings. The first kappa shape index (κ1) is 17.0. The van der Waals surface area contributed by atoms with Crippen molar-refractivity contribution in [3.8, 4) is 11.5 Å². The quantitative estimate of drug-likeness (QED) is 0.746. The van der Waals surface area contributed by atoms with Crippen molar-refractivity contribution < 1.29 is 19.0 Å². The van der Waals surface area contributed by atoms with E-state index in [0.29, 0.717) is 42.2 Å². The molecule has 2 aliphatic rings. The highest BCUT2D eigenvalue weighted by Gasteiger charge is 2.49. The number of nitrogens with one attached hydrogen (secondary N) is 1. The van der Waals surface area contributed by atoms with Crippen LogP contribution in [0.25, 0.3) is 0 Å². The number of amides is 1. The van der Waals surface area contributed by atoms with Crippen LogP contribution in [-0.4, -0.2) is 39.4 Å². The maximum Gasteiger partial charge on any atom is 0.229 e. The zero-order valence-corrected chi connectivity index (χ0v) is 14.3. The van der Waals surface area contributed by atoms with Crippen molar-refractivity contribution in [2.45, 2.75) is 25.3 Å². The van der Waals surface area contributed by atoms with Gasteiger partial charge in [-0.25, -0.2) is 0 Å². The van der Waals surface area contributed by atoms with E-state index in [2.05, 4.69) is 5.32 Å². The number of fused-ring (bicyclic) bond motifs is 2. The van der Waals surface area contributed by atoms with Gasteiger partial charge in [0.15, 0.2) is 11.5 Å². The van der Waals surface area contributed by atoms with E-state index in [4.69, 9.17) is 19.9 Å². The number of rotatable bonds is 7. The van der Waals surface area contributed by atoms with Crippen LogP contribution in [0.4, 0.5) is 5.69 Å². The number of methoxy groups -OCH3 is 2. The van der Waals surface area contributed by atoms with Crippen molar-refractivity contribution in [1.82, 2.24) is 0 Å². The van der Waals surface area contributed by atoms with Crippen LogP contribution >= 0.6 is 0 Å². The fourth-order valence-electron chi connectivity index (χ4n) is 4.05. The molecule has 24 heavy (non-hydrogen) atoms. The van der Waals surface area contributed by atoms with Crippen molar-refractivity contribution in [3.63, 3.8) is 0 Å². The predicted octanol–water partition coefficient (Wildman–Crippen LogP) is 2.03. The third-order valence-electron chi connectivity index (χ3n) is 5.26. The highest BCUT2D eigenvalue weighted by Crippen LogP contribution is 2.48. The average molecular weight is 334 g/mol. The molecule has 4 atom stereocenters. The Morgan fingerprint density at radius 1 is 1.21 bits per heavy atom. The second-order valence-electron chi connectivity index (χ2n) is 6.63. The first-order valence-electron chi connectivity index (χ1n) is 8.50. The minimum Gasteiger partial charge on any atom is -0.493 e. The highest BCUT2D eigenvalue weighted by atomic mass is 16.5. The third-order valence-corrected chi connectivity index (χ3v) is 5.26. The molecule has 0 saturated heterocycles. The van der Waals surface area contributed by atoms with E-state index >= 15 is 0 Å². The van der Waals surface area contributed by atoms with Crippen LogP contribution < -0.4 is 20.5 Å². The lowest BCUT2D eigenvalue weighted by molar-refractivity contribution is -0.121. The summed E-state index contributed by atoms with van der Waals surface area (Å²) < 4.78 is 15.9. The van der Waals surface area contributed by atoms with Crippen LogP contribution in [0.2, 0.25) is 0 Å². The Morgan fingerprint density at radius 2 is 2.00 bits per heavy atom. The number of ether oxygens (including phenoxy) is 3.